The molecule has 0 aliphatic carbocycles. The zero-order valence-electron chi connectivity index (χ0n) is 11.7. The molecule has 0 bridgehead atoms. The number of aromatic nitrogens is 2. The van der Waals surface area contributed by atoms with E-state index in [1.807, 2.05) is 12.3 Å². The highest BCUT2D eigenvalue weighted by atomic mass is 32.1. The zero-order valence-corrected chi connectivity index (χ0v) is 12.5. The van der Waals surface area contributed by atoms with Crippen molar-refractivity contribution in [3.8, 4) is 0 Å². The molecule has 6 nitrogen and oxygen atoms in total. The highest BCUT2D eigenvalue weighted by Crippen LogP contribution is 2.17. The molecule has 0 saturated carbocycles. The van der Waals surface area contributed by atoms with Crippen LogP contribution in [-0.2, 0) is 11.3 Å². The number of hydrogen-bond acceptors (Lipinski definition) is 5. The van der Waals surface area contributed by atoms with Crippen molar-refractivity contribution in [1.82, 2.24) is 14.5 Å². The molecule has 3 heterocycles. The lowest BCUT2D eigenvalue weighted by atomic mass is 9.97. The Bertz CT molecular complexity index is 724. The maximum atomic E-state index is 12.3. The van der Waals surface area contributed by atoms with Crippen molar-refractivity contribution in [1.29, 1.82) is 0 Å². The van der Waals surface area contributed by atoms with Gasteiger partial charge in [-0.2, -0.15) is 0 Å². The first kappa shape index (κ1) is 14.2. The fourth-order valence-corrected chi connectivity index (χ4v) is 3.33. The van der Waals surface area contributed by atoms with E-state index in [4.69, 9.17) is 0 Å². The Kier molecular flexibility index (Phi) is 3.77. The molecular weight excluding hydrogens is 290 g/mol. The molecule has 0 aromatic carbocycles. The van der Waals surface area contributed by atoms with Crippen molar-refractivity contribution in [3.05, 3.63) is 28.1 Å². The van der Waals surface area contributed by atoms with Crippen LogP contribution in [0.4, 0.5) is 0 Å². The van der Waals surface area contributed by atoms with Gasteiger partial charge in [0, 0.05) is 13.1 Å². The largest absolute Gasteiger partial charge is 0.393 e. The summed E-state index contributed by atoms with van der Waals surface area (Å²) in [5.74, 6) is -0.0378. The summed E-state index contributed by atoms with van der Waals surface area (Å²) in [6.45, 7) is 2.99. The molecule has 1 aliphatic rings. The van der Waals surface area contributed by atoms with Crippen molar-refractivity contribution in [3.63, 3.8) is 0 Å². The number of aliphatic hydroxyl groups excluding tert-OH is 1. The third kappa shape index (κ3) is 2.71. The van der Waals surface area contributed by atoms with Crippen molar-refractivity contribution in [2.24, 2.45) is 5.92 Å². The normalized spacial score (nSPS) is 22.7. The Balaban J connectivity index is 1.77. The lowest BCUT2D eigenvalue weighted by Crippen LogP contribution is -2.46. The molecule has 2 aromatic heterocycles. The van der Waals surface area contributed by atoms with Crippen molar-refractivity contribution in [2.75, 3.05) is 13.1 Å². The minimum Gasteiger partial charge on any atom is -0.393 e. The minimum absolute atomic E-state index is 0.000432. The van der Waals surface area contributed by atoms with Gasteiger partial charge in [-0.05, 0) is 23.8 Å². The van der Waals surface area contributed by atoms with Crippen molar-refractivity contribution >= 4 is 27.5 Å². The zero-order chi connectivity index (χ0) is 15.0. The van der Waals surface area contributed by atoms with Crippen LogP contribution in [0.5, 0.6) is 0 Å². The molecule has 1 N–H and O–H groups in total. The molecule has 2 atom stereocenters. The first-order valence-electron chi connectivity index (χ1n) is 6.94. The second-order valence-electron chi connectivity index (χ2n) is 5.49. The third-order valence-electron chi connectivity index (χ3n) is 3.97. The first-order chi connectivity index (χ1) is 10.1. The molecule has 7 heteroatoms. The number of carbonyl (C=O) groups is 1. The van der Waals surface area contributed by atoms with E-state index < -0.39 is 0 Å². The van der Waals surface area contributed by atoms with E-state index in [0.29, 0.717) is 29.7 Å². The predicted molar refractivity (Wildman–Crippen MR) is 80.2 cm³/mol. The van der Waals surface area contributed by atoms with E-state index >= 15 is 0 Å². The van der Waals surface area contributed by atoms with Crippen LogP contribution in [0.2, 0.25) is 0 Å². The van der Waals surface area contributed by atoms with Gasteiger partial charge in [0.05, 0.1) is 17.8 Å². The molecule has 1 saturated heterocycles. The molecule has 2 unspecified atom stereocenters. The topological polar surface area (TPSA) is 75.4 Å². The van der Waals surface area contributed by atoms with E-state index in [9.17, 15) is 14.7 Å². The number of piperidine rings is 1. The molecule has 1 aliphatic heterocycles. The molecular formula is C14H17N3O3S. The number of thiophene rings is 1. The van der Waals surface area contributed by atoms with Crippen LogP contribution in [0.25, 0.3) is 10.2 Å². The number of fused-ring (bicyclic) bond motifs is 1. The van der Waals surface area contributed by atoms with E-state index in [2.05, 4.69) is 4.98 Å². The summed E-state index contributed by atoms with van der Waals surface area (Å²) in [4.78, 5) is 31.1. The number of aliphatic hydroxyl groups is 1. The molecule has 2 aromatic rings. The summed E-state index contributed by atoms with van der Waals surface area (Å²) in [6.07, 6.45) is 1.67. The van der Waals surface area contributed by atoms with Gasteiger partial charge in [0.25, 0.3) is 5.56 Å². The summed E-state index contributed by atoms with van der Waals surface area (Å²) in [5.41, 5.74) is -0.181. The third-order valence-corrected chi connectivity index (χ3v) is 4.79. The van der Waals surface area contributed by atoms with Crippen LogP contribution in [0.1, 0.15) is 13.3 Å². The van der Waals surface area contributed by atoms with Gasteiger partial charge in [-0.3, -0.25) is 14.2 Å². The quantitative estimate of drug-likeness (QED) is 0.885. The summed E-state index contributed by atoms with van der Waals surface area (Å²) in [5, 5.41) is 12.1. The van der Waals surface area contributed by atoms with E-state index in [-0.39, 0.29) is 30.0 Å². The number of likely N-dealkylation sites (tertiary alicyclic amines) is 1. The first-order valence-corrected chi connectivity index (χ1v) is 7.82. The standard InChI is InChI=1S/C14H17N3O3S/c1-9-6-16(4-2-11(9)18)12(19)7-17-8-15-13-10(14(17)20)3-5-21-13/h3,5,8-9,11,18H,2,4,6-7H2,1H3. The molecule has 21 heavy (non-hydrogen) atoms. The number of rotatable bonds is 2. The molecule has 1 fully saturated rings. The van der Waals surface area contributed by atoms with Crippen LogP contribution in [0, 0.1) is 5.92 Å². The van der Waals surface area contributed by atoms with Crippen LogP contribution in [0.15, 0.2) is 22.6 Å². The van der Waals surface area contributed by atoms with Gasteiger partial charge in [0.15, 0.2) is 0 Å². The predicted octanol–water partition coefficient (Wildman–Crippen LogP) is 0.687. The summed E-state index contributed by atoms with van der Waals surface area (Å²) < 4.78 is 1.35. The monoisotopic (exact) mass is 307 g/mol. The van der Waals surface area contributed by atoms with Gasteiger partial charge in [0.1, 0.15) is 11.4 Å². The Morgan fingerprint density at radius 2 is 2.38 bits per heavy atom. The highest BCUT2D eigenvalue weighted by Gasteiger charge is 2.27. The SMILES string of the molecule is CC1CN(C(=O)Cn2cnc3sccc3c2=O)CCC1O. The van der Waals surface area contributed by atoms with Gasteiger partial charge < -0.3 is 10.0 Å². The second-order valence-corrected chi connectivity index (χ2v) is 6.38. The number of hydrogen-bond donors (Lipinski definition) is 1. The van der Waals surface area contributed by atoms with Gasteiger partial charge in [-0.1, -0.05) is 6.92 Å². The maximum absolute atomic E-state index is 12.3. The maximum Gasteiger partial charge on any atom is 0.262 e. The highest BCUT2D eigenvalue weighted by molar-refractivity contribution is 7.16. The average molecular weight is 307 g/mol. The van der Waals surface area contributed by atoms with Gasteiger partial charge in [0.2, 0.25) is 5.91 Å². The van der Waals surface area contributed by atoms with Crippen LogP contribution >= 0.6 is 11.3 Å². The number of carbonyl (C=O) groups excluding carboxylic acids is 1. The minimum atomic E-state index is -0.347. The van der Waals surface area contributed by atoms with E-state index in [0.717, 1.165) is 0 Å². The summed E-state index contributed by atoms with van der Waals surface area (Å²) in [6, 6.07) is 1.73. The summed E-state index contributed by atoms with van der Waals surface area (Å²) in [7, 11) is 0. The molecule has 1 amide bonds. The smallest absolute Gasteiger partial charge is 0.262 e. The molecule has 0 spiro atoms. The van der Waals surface area contributed by atoms with Crippen LogP contribution in [-0.4, -0.2) is 44.7 Å². The Hall–Kier alpha value is -1.73. The van der Waals surface area contributed by atoms with Gasteiger partial charge in [-0.25, -0.2) is 4.98 Å². The van der Waals surface area contributed by atoms with Crippen LogP contribution in [0.3, 0.4) is 0 Å². The van der Waals surface area contributed by atoms with E-state index in [1.54, 1.807) is 11.0 Å². The molecule has 0 radical (unpaired) electrons. The lowest BCUT2D eigenvalue weighted by molar-refractivity contribution is -0.135. The fourth-order valence-electron chi connectivity index (χ4n) is 2.61. The van der Waals surface area contributed by atoms with Gasteiger partial charge in [-0.15, -0.1) is 11.3 Å². The Morgan fingerprint density at radius 1 is 1.57 bits per heavy atom. The van der Waals surface area contributed by atoms with Crippen molar-refractivity contribution < 1.29 is 9.90 Å². The van der Waals surface area contributed by atoms with Crippen LogP contribution < -0.4 is 5.56 Å². The lowest BCUT2D eigenvalue weighted by Gasteiger charge is -2.34. The average Bonchev–Trinajstić information content (AvgIpc) is 2.94. The second kappa shape index (κ2) is 5.57. The fraction of sp³-hybridized carbons (Fsp3) is 0.500. The Morgan fingerprint density at radius 3 is 3.14 bits per heavy atom. The molecule has 112 valence electrons. The molecule has 3 rings (SSSR count). The summed E-state index contributed by atoms with van der Waals surface area (Å²) >= 11 is 1.41. The van der Waals surface area contributed by atoms with Crippen molar-refractivity contribution in [2.45, 2.75) is 26.0 Å². The van der Waals surface area contributed by atoms with Gasteiger partial charge >= 0.3 is 0 Å². The Labute approximate surface area is 125 Å². The number of amides is 1. The number of nitrogens with zero attached hydrogens (tertiary/aromatic N) is 3. The van der Waals surface area contributed by atoms with E-state index in [1.165, 1.54) is 22.2 Å².